The molecular formula is C13H16O4S. The highest BCUT2D eigenvalue weighted by molar-refractivity contribution is 8.01. The van der Waals surface area contributed by atoms with E-state index < -0.39 is 11.2 Å². The van der Waals surface area contributed by atoms with Crippen LogP contribution in [-0.4, -0.2) is 35.0 Å². The van der Waals surface area contributed by atoms with Crippen molar-refractivity contribution < 1.29 is 19.4 Å². The fraction of sp³-hybridized carbons (Fsp3) is 0.385. The van der Waals surface area contributed by atoms with E-state index in [-0.39, 0.29) is 11.5 Å². The van der Waals surface area contributed by atoms with Gasteiger partial charge >= 0.3 is 5.97 Å². The lowest BCUT2D eigenvalue weighted by Gasteiger charge is -2.08. The second-order valence-corrected chi connectivity index (χ2v) is 4.89. The summed E-state index contributed by atoms with van der Waals surface area (Å²) in [5, 5.41) is 8.36. The molecule has 0 amide bonds. The molecule has 4 nitrogen and oxygen atoms in total. The summed E-state index contributed by atoms with van der Waals surface area (Å²) in [7, 11) is 1.56. The number of thioether (sulfide) groups is 1. The van der Waals surface area contributed by atoms with Crippen LogP contribution in [-0.2, 0) is 4.79 Å². The Hall–Kier alpha value is -1.49. The quantitative estimate of drug-likeness (QED) is 0.770. The molecule has 0 heterocycles. The van der Waals surface area contributed by atoms with Crippen LogP contribution in [0.2, 0.25) is 0 Å². The Labute approximate surface area is 110 Å². The fourth-order valence-corrected chi connectivity index (χ4v) is 2.30. The number of methoxy groups -OCH3 is 1. The third-order valence-electron chi connectivity index (χ3n) is 2.47. The summed E-state index contributed by atoms with van der Waals surface area (Å²) in [6.07, 6.45) is 0.510. The lowest BCUT2D eigenvalue weighted by molar-refractivity contribution is -0.136. The number of benzene rings is 1. The largest absolute Gasteiger partial charge is 0.497 e. The van der Waals surface area contributed by atoms with Crippen LogP contribution in [0.3, 0.4) is 0 Å². The number of rotatable bonds is 7. The van der Waals surface area contributed by atoms with Crippen molar-refractivity contribution in [2.75, 3.05) is 12.9 Å². The van der Waals surface area contributed by atoms with Gasteiger partial charge in [0.1, 0.15) is 11.0 Å². The number of hydrogen-bond donors (Lipinski definition) is 1. The smallest absolute Gasteiger partial charge is 0.316 e. The van der Waals surface area contributed by atoms with Gasteiger partial charge in [-0.25, -0.2) is 0 Å². The monoisotopic (exact) mass is 268 g/mol. The molecule has 0 aliphatic heterocycles. The molecule has 0 saturated carbocycles. The Morgan fingerprint density at radius 2 is 1.94 bits per heavy atom. The summed E-state index contributed by atoms with van der Waals surface area (Å²) in [4.78, 5) is 22.6. The van der Waals surface area contributed by atoms with Gasteiger partial charge in [0, 0.05) is 5.56 Å². The van der Waals surface area contributed by atoms with Gasteiger partial charge in [-0.2, -0.15) is 0 Å². The minimum absolute atomic E-state index is 0.0673. The number of aliphatic carboxylic acids is 1. The van der Waals surface area contributed by atoms with Crippen molar-refractivity contribution in [3.8, 4) is 5.75 Å². The molecule has 1 aromatic carbocycles. The molecule has 1 rings (SSSR count). The van der Waals surface area contributed by atoms with Crippen LogP contribution >= 0.6 is 11.8 Å². The highest BCUT2D eigenvalue weighted by atomic mass is 32.2. The normalized spacial score (nSPS) is 11.9. The van der Waals surface area contributed by atoms with E-state index in [2.05, 4.69) is 0 Å². The first-order valence-electron chi connectivity index (χ1n) is 5.60. The lowest BCUT2D eigenvalue weighted by Crippen LogP contribution is -2.17. The number of ether oxygens (including phenoxy) is 1. The SMILES string of the molecule is CCC(SCC(=O)c1ccc(OC)cc1)C(=O)O. The zero-order chi connectivity index (χ0) is 13.5. The number of carboxylic acids is 1. The molecule has 1 aromatic rings. The van der Waals surface area contributed by atoms with Gasteiger partial charge in [0.05, 0.1) is 12.9 Å². The molecule has 0 bridgehead atoms. The van der Waals surface area contributed by atoms with Crippen molar-refractivity contribution in [3.05, 3.63) is 29.8 Å². The first-order valence-corrected chi connectivity index (χ1v) is 6.65. The summed E-state index contributed by atoms with van der Waals surface area (Å²) in [5.74, 6) is -0.0690. The highest BCUT2D eigenvalue weighted by Crippen LogP contribution is 2.18. The molecule has 0 radical (unpaired) electrons. The summed E-state index contributed by atoms with van der Waals surface area (Å²) in [6.45, 7) is 1.80. The van der Waals surface area contributed by atoms with E-state index in [9.17, 15) is 9.59 Å². The van der Waals surface area contributed by atoms with Crippen molar-refractivity contribution in [3.63, 3.8) is 0 Å². The second kappa shape index (κ2) is 7.06. The number of ketones is 1. The molecule has 0 aromatic heterocycles. The van der Waals surface area contributed by atoms with E-state index >= 15 is 0 Å². The molecular weight excluding hydrogens is 252 g/mol. The van der Waals surface area contributed by atoms with Gasteiger partial charge in [0.15, 0.2) is 5.78 Å². The number of hydrogen-bond acceptors (Lipinski definition) is 4. The maximum atomic E-state index is 11.8. The number of carbonyl (C=O) groups is 2. The predicted molar refractivity (Wildman–Crippen MR) is 71.5 cm³/mol. The third kappa shape index (κ3) is 4.07. The lowest BCUT2D eigenvalue weighted by atomic mass is 10.1. The number of carboxylic acid groups (broad SMARTS) is 1. The molecule has 0 fully saturated rings. The van der Waals surface area contributed by atoms with Crippen LogP contribution in [0.25, 0.3) is 0 Å². The maximum absolute atomic E-state index is 11.8. The first-order chi connectivity index (χ1) is 8.58. The Morgan fingerprint density at radius 1 is 1.33 bits per heavy atom. The standard InChI is InChI=1S/C13H16O4S/c1-3-12(13(15)16)18-8-11(14)9-4-6-10(17-2)7-5-9/h4-7,12H,3,8H2,1-2H3,(H,15,16). The zero-order valence-electron chi connectivity index (χ0n) is 10.4. The van der Waals surface area contributed by atoms with E-state index in [1.807, 2.05) is 0 Å². The molecule has 0 aliphatic carbocycles. The highest BCUT2D eigenvalue weighted by Gasteiger charge is 2.17. The summed E-state index contributed by atoms with van der Waals surface area (Å²) in [5.41, 5.74) is 0.573. The average molecular weight is 268 g/mol. The van der Waals surface area contributed by atoms with Crippen LogP contribution in [0.1, 0.15) is 23.7 Å². The predicted octanol–water partition coefficient (Wildman–Crippen LogP) is 2.47. The van der Waals surface area contributed by atoms with E-state index in [0.29, 0.717) is 17.7 Å². The van der Waals surface area contributed by atoms with Crippen LogP contribution in [0.15, 0.2) is 24.3 Å². The molecule has 98 valence electrons. The van der Waals surface area contributed by atoms with Gasteiger partial charge in [-0.1, -0.05) is 6.92 Å². The Morgan fingerprint density at radius 3 is 2.39 bits per heavy atom. The van der Waals surface area contributed by atoms with E-state index in [4.69, 9.17) is 9.84 Å². The molecule has 1 N–H and O–H groups in total. The first kappa shape index (κ1) is 14.6. The Balaban J connectivity index is 2.56. The van der Waals surface area contributed by atoms with Crippen molar-refractivity contribution in [2.45, 2.75) is 18.6 Å². The Bertz CT molecular complexity index is 414. The van der Waals surface area contributed by atoms with E-state index in [1.54, 1.807) is 38.3 Å². The summed E-state index contributed by atoms with van der Waals surface area (Å²) in [6, 6.07) is 6.80. The summed E-state index contributed by atoms with van der Waals surface area (Å²) < 4.78 is 5.00. The van der Waals surface area contributed by atoms with Gasteiger partial charge in [0.2, 0.25) is 0 Å². The third-order valence-corrected chi connectivity index (χ3v) is 3.84. The van der Waals surface area contributed by atoms with Crippen LogP contribution in [0, 0.1) is 0 Å². The maximum Gasteiger partial charge on any atom is 0.316 e. The second-order valence-electron chi connectivity index (χ2n) is 3.70. The van der Waals surface area contributed by atoms with Crippen LogP contribution in [0.5, 0.6) is 5.75 Å². The average Bonchev–Trinajstić information content (AvgIpc) is 2.39. The Kier molecular flexibility index (Phi) is 5.71. The van der Waals surface area contributed by atoms with Crippen LogP contribution in [0.4, 0.5) is 0 Å². The van der Waals surface area contributed by atoms with Gasteiger partial charge in [-0.05, 0) is 30.7 Å². The molecule has 5 heteroatoms. The molecule has 0 saturated heterocycles. The van der Waals surface area contributed by atoms with Crippen molar-refractivity contribution in [2.24, 2.45) is 0 Å². The number of Topliss-reactive ketones (excluding diaryl/α,β-unsaturated/α-hetero) is 1. The summed E-state index contributed by atoms with van der Waals surface area (Å²) >= 11 is 1.16. The van der Waals surface area contributed by atoms with Gasteiger partial charge in [0.25, 0.3) is 0 Å². The minimum Gasteiger partial charge on any atom is -0.497 e. The molecule has 1 atom stereocenters. The van der Waals surface area contributed by atoms with Crippen molar-refractivity contribution >= 4 is 23.5 Å². The van der Waals surface area contributed by atoms with Crippen molar-refractivity contribution in [1.82, 2.24) is 0 Å². The fourth-order valence-electron chi connectivity index (χ4n) is 1.40. The zero-order valence-corrected chi connectivity index (χ0v) is 11.2. The van der Waals surface area contributed by atoms with Crippen LogP contribution < -0.4 is 4.74 Å². The number of carbonyl (C=O) groups excluding carboxylic acids is 1. The van der Waals surface area contributed by atoms with Crippen molar-refractivity contribution in [1.29, 1.82) is 0 Å². The van der Waals surface area contributed by atoms with E-state index in [1.165, 1.54) is 0 Å². The molecule has 0 aliphatic rings. The van der Waals surface area contributed by atoms with Gasteiger partial charge in [-0.3, -0.25) is 9.59 Å². The molecule has 18 heavy (non-hydrogen) atoms. The van der Waals surface area contributed by atoms with Gasteiger partial charge < -0.3 is 9.84 Å². The molecule has 0 spiro atoms. The molecule has 1 unspecified atom stereocenters. The topological polar surface area (TPSA) is 63.6 Å². The van der Waals surface area contributed by atoms with Gasteiger partial charge in [-0.15, -0.1) is 11.8 Å². The van der Waals surface area contributed by atoms with E-state index in [0.717, 1.165) is 11.8 Å². The minimum atomic E-state index is -0.870.